The highest BCUT2D eigenvalue weighted by Crippen LogP contribution is 2.34. The molecular weight excluding hydrogens is 534 g/mol. The van der Waals surface area contributed by atoms with E-state index in [0.29, 0.717) is 10.5 Å². The number of aromatic nitrogens is 1. The lowest BCUT2D eigenvalue weighted by atomic mass is 10.0. The second-order valence-electron chi connectivity index (χ2n) is 6.94. The van der Waals surface area contributed by atoms with Crippen LogP contribution in [-0.4, -0.2) is 27.2 Å². The number of halogens is 1. The molecule has 0 saturated carbocycles. The summed E-state index contributed by atoms with van der Waals surface area (Å²) in [7, 11) is 0. The smallest absolute Gasteiger partial charge is 0.338 e. The first-order valence-corrected chi connectivity index (χ1v) is 12.1. The van der Waals surface area contributed by atoms with Crippen LogP contribution in [0, 0.1) is 10.1 Å². The fraction of sp³-hybridized carbons (Fsp3) is 0.190. The van der Waals surface area contributed by atoms with Gasteiger partial charge >= 0.3 is 5.97 Å². The molecule has 1 atom stereocenters. The third-order valence-electron chi connectivity index (χ3n) is 4.90. The van der Waals surface area contributed by atoms with E-state index in [1.54, 1.807) is 13.8 Å². The molecule has 1 aliphatic rings. The Morgan fingerprint density at radius 1 is 1.45 bits per heavy atom. The Labute approximate surface area is 202 Å². The van der Waals surface area contributed by atoms with E-state index < -0.39 is 22.5 Å². The molecular formula is C21H16BrN3O6S2. The van der Waals surface area contributed by atoms with E-state index in [2.05, 4.69) is 20.9 Å². The summed E-state index contributed by atoms with van der Waals surface area (Å²) in [6.45, 7) is 3.57. The Kier molecular flexibility index (Phi) is 6.32. The predicted molar refractivity (Wildman–Crippen MR) is 127 cm³/mol. The Morgan fingerprint density at radius 3 is 2.85 bits per heavy atom. The number of ether oxygens (including phenoxy) is 1. The molecule has 9 nitrogen and oxygen atoms in total. The van der Waals surface area contributed by atoms with Gasteiger partial charge in [0.2, 0.25) is 0 Å². The number of carbonyl (C=O) groups excluding carboxylic acids is 1. The molecule has 4 rings (SSSR count). The van der Waals surface area contributed by atoms with Crippen molar-refractivity contribution in [3.8, 4) is 5.75 Å². The lowest BCUT2D eigenvalue weighted by Crippen LogP contribution is -2.39. The molecule has 0 fully saturated rings. The minimum atomic E-state index is -0.715. The van der Waals surface area contributed by atoms with Crippen molar-refractivity contribution < 1.29 is 19.6 Å². The topological polar surface area (TPSA) is 124 Å². The number of hydrogen-bond acceptors (Lipinski definition) is 9. The van der Waals surface area contributed by atoms with Crippen LogP contribution in [0.5, 0.6) is 5.75 Å². The molecule has 0 spiro atoms. The van der Waals surface area contributed by atoms with Crippen molar-refractivity contribution in [3.63, 3.8) is 0 Å². The summed E-state index contributed by atoms with van der Waals surface area (Å²) in [4.78, 5) is 42.5. The van der Waals surface area contributed by atoms with Crippen molar-refractivity contribution >= 4 is 56.3 Å². The van der Waals surface area contributed by atoms with Crippen molar-refractivity contribution in [1.29, 1.82) is 0 Å². The van der Waals surface area contributed by atoms with E-state index in [0.717, 1.165) is 16.2 Å². The van der Waals surface area contributed by atoms with Gasteiger partial charge in [-0.2, -0.15) is 0 Å². The third kappa shape index (κ3) is 4.16. The average molecular weight is 550 g/mol. The molecule has 170 valence electrons. The molecule has 3 aromatic rings. The molecule has 0 bridgehead atoms. The summed E-state index contributed by atoms with van der Waals surface area (Å²) in [5.41, 5.74) is 0.152. The molecule has 0 radical (unpaired) electrons. The Hall–Kier alpha value is -3.09. The first kappa shape index (κ1) is 23.1. The largest absolute Gasteiger partial charge is 0.506 e. The number of nitro benzene ring substituents is 1. The number of aromatic hydroxyl groups is 1. The number of phenolic OH excluding ortho intramolecular Hbond substituents is 1. The van der Waals surface area contributed by atoms with Crippen LogP contribution in [0.15, 0.2) is 55.2 Å². The van der Waals surface area contributed by atoms with Crippen LogP contribution in [0.1, 0.15) is 30.3 Å². The number of rotatable bonds is 5. The lowest BCUT2D eigenvalue weighted by molar-refractivity contribution is -0.385. The summed E-state index contributed by atoms with van der Waals surface area (Å²) in [5.74, 6) is -0.781. The molecule has 2 aromatic heterocycles. The van der Waals surface area contributed by atoms with Crippen molar-refractivity contribution in [2.75, 3.05) is 6.61 Å². The lowest BCUT2D eigenvalue weighted by Gasteiger charge is -2.23. The number of benzene rings is 1. The predicted octanol–water partition coefficient (Wildman–Crippen LogP) is 3.24. The van der Waals surface area contributed by atoms with Crippen LogP contribution in [0.2, 0.25) is 0 Å². The van der Waals surface area contributed by atoms with Gasteiger partial charge in [-0.05, 0) is 47.3 Å². The molecule has 33 heavy (non-hydrogen) atoms. The molecule has 12 heteroatoms. The standard InChI is InChI=1S/C21H16BrN3O6S2/c1-3-31-20(28)16-10(2)23-21-24(17(16)14-5-4-6-32-14)19(27)15(33-21)8-11-7-12(25(29)30)9-13(22)18(11)26/h4-9,17,26H,3H2,1-2H3. The Morgan fingerprint density at radius 2 is 2.21 bits per heavy atom. The number of fused-ring (bicyclic) bond motifs is 1. The van der Waals surface area contributed by atoms with Gasteiger partial charge in [0.15, 0.2) is 4.80 Å². The summed E-state index contributed by atoms with van der Waals surface area (Å²) < 4.78 is 6.99. The van der Waals surface area contributed by atoms with Crippen LogP contribution < -0.4 is 14.9 Å². The molecule has 0 aliphatic carbocycles. The summed E-state index contributed by atoms with van der Waals surface area (Å²) in [5, 5.41) is 23.5. The van der Waals surface area contributed by atoms with Crippen molar-refractivity contribution in [1.82, 2.24) is 4.57 Å². The van der Waals surface area contributed by atoms with E-state index in [9.17, 15) is 24.8 Å². The van der Waals surface area contributed by atoms with E-state index in [-0.39, 0.29) is 38.2 Å². The zero-order valence-corrected chi connectivity index (χ0v) is 20.5. The molecule has 1 aromatic carbocycles. The fourth-order valence-electron chi connectivity index (χ4n) is 3.47. The summed E-state index contributed by atoms with van der Waals surface area (Å²) in [6.07, 6.45) is 1.38. The second-order valence-corrected chi connectivity index (χ2v) is 9.78. The van der Waals surface area contributed by atoms with Gasteiger partial charge in [-0.15, -0.1) is 11.3 Å². The van der Waals surface area contributed by atoms with E-state index >= 15 is 0 Å². The second kappa shape index (κ2) is 9.04. The molecule has 0 amide bonds. The SMILES string of the molecule is CCOC(=O)C1=C(C)N=c2sc(=Cc3cc([N+](=O)[O-])cc(Br)c3O)c(=O)n2C1c1cccs1. The number of allylic oxidation sites excluding steroid dienone is 1. The maximum atomic E-state index is 13.5. The van der Waals surface area contributed by atoms with E-state index in [1.807, 2.05) is 17.5 Å². The number of non-ortho nitro benzene ring substituents is 1. The highest BCUT2D eigenvalue weighted by Gasteiger charge is 2.33. The average Bonchev–Trinajstić information content (AvgIpc) is 3.39. The first-order chi connectivity index (χ1) is 15.7. The monoisotopic (exact) mass is 549 g/mol. The number of carbonyl (C=O) groups is 1. The quantitative estimate of drug-likeness (QED) is 0.296. The van der Waals surface area contributed by atoms with Gasteiger partial charge in [0.25, 0.3) is 11.2 Å². The Balaban J connectivity index is 1.96. The molecule has 3 heterocycles. The van der Waals surface area contributed by atoms with E-state index in [1.165, 1.54) is 34.1 Å². The zero-order chi connectivity index (χ0) is 23.9. The van der Waals surface area contributed by atoms with Gasteiger partial charge < -0.3 is 9.84 Å². The van der Waals surface area contributed by atoms with Crippen LogP contribution in [-0.2, 0) is 9.53 Å². The molecule has 1 unspecified atom stereocenters. The molecule has 1 N–H and O–H groups in total. The van der Waals surface area contributed by atoms with Crippen LogP contribution in [0.4, 0.5) is 5.69 Å². The zero-order valence-electron chi connectivity index (χ0n) is 17.3. The van der Waals surface area contributed by atoms with E-state index in [4.69, 9.17) is 4.74 Å². The molecule has 1 aliphatic heterocycles. The maximum Gasteiger partial charge on any atom is 0.338 e. The van der Waals surface area contributed by atoms with Crippen LogP contribution >= 0.6 is 38.6 Å². The molecule has 0 saturated heterocycles. The minimum absolute atomic E-state index is 0.107. The van der Waals surface area contributed by atoms with Gasteiger partial charge in [0.1, 0.15) is 11.8 Å². The number of nitrogens with zero attached hydrogens (tertiary/aromatic N) is 3. The van der Waals surface area contributed by atoms with Crippen molar-refractivity contribution in [2.45, 2.75) is 19.9 Å². The Bertz CT molecular complexity index is 1490. The minimum Gasteiger partial charge on any atom is -0.506 e. The number of nitro groups is 1. The highest BCUT2D eigenvalue weighted by atomic mass is 79.9. The van der Waals surface area contributed by atoms with Gasteiger partial charge in [-0.3, -0.25) is 19.5 Å². The van der Waals surface area contributed by atoms with Crippen molar-refractivity contribution in [3.05, 3.63) is 85.6 Å². The number of hydrogen-bond donors (Lipinski definition) is 1. The van der Waals surface area contributed by atoms with Gasteiger partial charge in [-0.25, -0.2) is 9.79 Å². The normalized spacial score (nSPS) is 15.8. The van der Waals surface area contributed by atoms with Gasteiger partial charge in [0.05, 0.1) is 31.8 Å². The van der Waals surface area contributed by atoms with Crippen molar-refractivity contribution in [2.24, 2.45) is 4.99 Å². The van der Waals surface area contributed by atoms with Crippen LogP contribution in [0.3, 0.4) is 0 Å². The maximum absolute atomic E-state index is 13.5. The number of phenols is 1. The first-order valence-electron chi connectivity index (χ1n) is 9.62. The van der Waals surface area contributed by atoms with Crippen LogP contribution in [0.25, 0.3) is 6.08 Å². The highest BCUT2D eigenvalue weighted by molar-refractivity contribution is 9.10. The third-order valence-corrected chi connectivity index (χ3v) is 7.42. The number of thiophene rings is 1. The summed E-state index contributed by atoms with van der Waals surface area (Å²) >= 11 is 5.57. The summed E-state index contributed by atoms with van der Waals surface area (Å²) in [6, 6.07) is 5.30. The fourth-order valence-corrected chi connectivity index (χ4v) is 5.79. The number of thiazole rings is 1. The van der Waals surface area contributed by atoms with Gasteiger partial charge in [0, 0.05) is 22.6 Å². The van der Waals surface area contributed by atoms with Gasteiger partial charge in [-0.1, -0.05) is 17.4 Å². The number of esters is 1.